The highest BCUT2D eigenvalue weighted by molar-refractivity contribution is 8.15. The number of anilines is 1. The number of nitrogens with one attached hydrogen (secondary N) is 1. The molecule has 1 fully saturated rings. The molecule has 1 N–H and O–H groups in total. The fraction of sp³-hybridized carbons (Fsp3) is 0.400. The van der Waals surface area contributed by atoms with E-state index in [0.717, 1.165) is 25.1 Å². The van der Waals surface area contributed by atoms with Gasteiger partial charge in [0.25, 0.3) is 0 Å². The lowest BCUT2D eigenvalue weighted by Gasteiger charge is -2.30. The van der Waals surface area contributed by atoms with Crippen LogP contribution < -0.4 is 10.2 Å². The zero-order valence-electron chi connectivity index (χ0n) is 12.0. The van der Waals surface area contributed by atoms with Crippen molar-refractivity contribution in [1.29, 1.82) is 0 Å². The molecule has 1 aromatic carbocycles. The predicted molar refractivity (Wildman–Crippen MR) is 88.3 cm³/mol. The number of carbonyl (C=O) groups is 1. The van der Waals surface area contributed by atoms with Crippen LogP contribution >= 0.6 is 11.8 Å². The number of aryl methyl sites for hydroxylation is 1. The lowest BCUT2D eigenvalue weighted by molar-refractivity contribution is -0.116. The molecule has 6 heteroatoms. The number of fused-ring (bicyclic) bond motifs is 1. The maximum absolute atomic E-state index is 11.0. The molecule has 2 aliphatic rings. The number of thioether (sulfide) groups is 1. The summed E-state index contributed by atoms with van der Waals surface area (Å²) < 4.78 is 0. The highest BCUT2D eigenvalue weighted by Gasteiger charge is 2.16. The summed E-state index contributed by atoms with van der Waals surface area (Å²) in [6.07, 6.45) is 4.06. The van der Waals surface area contributed by atoms with Gasteiger partial charge in [-0.15, -0.1) is 5.10 Å². The number of hydrogen-bond donors (Lipinski definition) is 1. The molecule has 0 saturated carbocycles. The summed E-state index contributed by atoms with van der Waals surface area (Å²) in [5, 5.41) is 11.3. The van der Waals surface area contributed by atoms with E-state index in [9.17, 15) is 4.79 Å². The molecule has 0 bridgehead atoms. The molecule has 110 valence electrons. The minimum Gasteiger partial charge on any atom is -0.372 e. The standard InChI is InChI=1S/C15H18N4OS/c1-2-19-7-3-4-12-8-11(5-6-13(12)19)9-16-18-15-17-14(20)10-21-15/h5-6,8-9H,2-4,7,10H2,1H3,(H,17,18,20). The Morgan fingerprint density at radius 2 is 2.38 bits per heavy atom. The highest BCUT2D eigenvalue weighted by atomic mass is 32.2. The Hall–Kier alpha value is -1.82. The van der Waals surface area contributed by atoms with Gasteiger partial charge < -0.3 is 10.2 Å². The third-order valence-electron chi connectivity index (χ3n) is 3.64. The van der Waals surface area contributed by atoms with Crippen molar-refractivity contribution in [1.82, 2.24) is 5.32 Å². The number of nitrogens with zero attached hydrogens (tertiary/aromatic N) is 3. The summed E-state index contributed by atoms with van der Waals surface area (Å²) >= 11 is 1.38. The van der Waals surface area contributed by atoms with Crippen LogP contribution in [0.5, 0.6) is 0 Å². The van der Waals surface area contributed by atoms with Crippen LogP contribution in [0.15, 0.2) is 28.4 Å². The van der Waals surface area contributed by atoms with Crippen LogP contribution in [-0.4, -0.2) is 36.1 Å². The van der Waals surface area contributed by atoms with Crippen LogP contribution in [-0.2, 0) is 11.2 Å². The zero-order valence-corrected chi connectivity index (χ0v) is 12.8. The minimum atomic E-state index is -0.0117. The molecular weight excluding hydrogens is 284 g/mol. The Kier molecular flexibility index (Phi) is 4.24. The van der Waals surface area contributed by atoms with Crippen molar-refractivity contribution in [3.63, 3.8) is 0 Å². The van der Waals surface area contributed by atoms with E-state index in [1.807, 2.05) is 0 Å². The van der Waals surface area contributed by atoms with Gasteiger partial charge in [-0.25, -0.2) is 0 Å². The van der Waals surface area contributed by atoms with Gasteiger partial charge in [0, 0.05) is 18.8 Å². The molecule has 1 amide bonds. The van der Waals surface area contributed by atoms with Crippen molar-refractivity contribution in [3.05, 3.63) is 29.3 Å². The first-order valence-electron chi connectivity index (χ1n) is 7.18. The van der Waals surface area contributed by atoms with Crippen molar-refractivity contribution in [3.8, 4) is 0 Å². The van der Waals surface area contributed by atoms with Crippen molar-refractivity contribution < 1.29 is 4.79 Å². The number of carbonyl (C=O) groups excluding carboxylic acids is 1. The van der Waals surface area contributed by atoms with Gasteiger partial charge in [0.1, 0.15) is 0 Å². The van der Waals surface area contributed by atoms with Crippen LogP contribution in [0.25, 0.3) is 0 Å². The Balaban J connectivity index is 1.73. The van der Waals surface area contributed by atoms with Gasteiger partial charge in [0.2, 0.25) is 5.91 Å². The monoisotopic (exact) mass is 302 g/mol. The summed E-state index contributed by atoms with van der Waals surface area (Å²) in [7, 11) is 0. The summed E-state index contributed by atoms with van der Waals surface area (Å²) in [4.78, 5) is 13.4. The molecule has 1 aromatic rings. The molecule has 2 aliphatic heterocycles. The first-order chi connectivity index (χ1) is 10.3. The third kappa shape index (κ3) is 3.26. The van der Waals surface area contributed by atoms with E-state index in [1.165, 1.54) is 29.4 Å². The van der Waals surface area contributed by atoms with E-state index in [2.05, 4.69) is 45.5 Å². The van der Waals surface area contributed by atoms with Crippen LogP contribution in [0.4, 0.5) is 5.69 Å². The Bertz CT molecular complexity index is 612. The van der Waals surface area contributed by atoms with Crippen LogP contribution in [0.3, 0.4) is 0 Å². The van der Waals surface area contributed by atoms with Crippen LogP contribution in [0, 0.1) is 0 Å². The quantitative estimate of drug-likeness (QED) is 0.686. The van der Waals surface area contributed by atoms with E-state index in [-0.39, 0.29) is 5.91 Å². The second-order valence-electron chi connectivity index (χ2n) is 5.06. The molecule has 5 nitrogen and oxygen atoms in total. The van der Waals surface area contributed by atoms with Gasteiger partial charge in [-0.2, -0.15) is 5.10 Å². The number of amides is 1. The number of benzene rings is 1. The molecular formula is C15H18N4OS. The molecule has 3 rings (SSSR count). The average molecular weight is 302 g/mol. The molecule has 0 radical (unpaired) electrons. The molecule has 0 aromatic heterocycles. The lowest BCUT2D eigenvalue weighted by atomic mass is 9.99. The maximum Gasteiger partial charge on any atom is 0.236 e. The molecule has 0 atom stereocenters. The first kappa shape index (κ1) is 14.1. The van der Waals surface area contributed by atoms with Gasteiger partial charge in [-0.05, 0) is 43.0 Å². The number of hydrogen-bond acceptors (Lipinski definition) is 5. The molecule has 2 heterocycles. The highest BCUT2D eigenvalue weighted by Crippen LogP contribution is 2.27. The number of rotatable bonds is 3. The van der Waals surface area contributed by atoms with E-state index in [4.69, 9.17) is 0 Å². The van der Waals surface area contributed by atoms with E-state index in [0.29, 0.717) is 10.9 Å². The smallest absolute Gasteiger partial charge is 0.236 e. The second-order valence-corrected chi connectivity index (χ2v) is 6.02. The van der Waals surface area contributed by atoms with Gasteiger partial charge in [0.15, 0.2) is 5.17 Å². The molecule has 0 unspecified atom stereocenters. The zero-order chi connectivity index (χ0) is 14.7. The van der Waals surface area contributed by atoms with Crippen molar-refractivity contribution in [2.24, 2.45) is 10.2 Å². The number of amidine groups is 1. The fourth-order valence-electron chi connectivity index (χ4n) is 2.63. The second kappa shape index (κ2) is 6.30. The van der Waals surface area contributed by atoms with Crippen LogP contribution in [0.1, 0.15) is 24.5 Å². The Morgan fingerprint density at radius 1 is 1.48 bits per heavy atom. The molecule has 21 heavy (non-hydrogen) atoms. The minimum absolute atomic E-state index is 0.0117. The Morgan fingerprint density at radius 3 is 3.14 bits per heavy atom. The largest absolute Gasteiger partial charge is 0.372 e. The van der Waals surface area contributed by atoms with Crippen molar-refractivity contribution in [2.75, 3.05) is 23.7 Å². The summed E-state index contributed by atoms with van der Waals surface area (Å²) in [6.45, 7) is 4.38. The van der Waals surface area contributed by atoms with Gasteiger partial charge in [-0.1, -0.05) is 17.8 Å². The third-order valence-corrected chi connectivity index (χ3v) is 4.51. The normalized spacial score (nSPS) is 20.1. The molecule has 0 spiro atoms. The SMILES string of the molecule is CCN1CCCc2cc(C=NN=C3NC(=O)CS3)ccc21. The average Bonchev–Trinajstić information content (AvgIpc) is 2.92. The van der Waals surface area contributed by atoms with E-state index < -0.39 is 0 Å². The van der Waals surface area contributed by atoms with Crippen molar-refractivity contribution >= 4 is 34.7 Å². The molecule has 0 aliphatic carbocycles. The summed E-state index contributed by atoms with van der Waals surface area (Å²) in [5.74, 6) is 0.419. The molecule has 1 saturated heterocycles. The maximum atomic E-state index is 11.0. The van der Waals surface area contributed by atoms with Gasteiger partial charge >= 0.3 is 0 Å². The van der Waals surface area contributed by atoms with Crippen molar-refractivity contribution in [2.45, 2.75) is 19.8 Å². The van der Waals surface area contributed by atoms with Gasteiger partial charge in [-0.3, -0.25) is 4.79 Å². The van der Waals surface area contributed by atoms with Crippen LogP contribution in [0.2, 0.25) is 0 Å². The topological polar surface area (TPSA) is 57.1 Å². The Labute approximate surface area is 128 Å². The predicted octanol–water partition coefficient (Wildman–Crippen LogP) is 2.01. The van der Waals surface area contributed by atoms with E-state index >= 15 is 0 Å². The van der Waals surface area contributed by atoms with Gasteiger partial charge in [0.05, 0.1) is 12.0 Å². The summed E-state index contributed by atoms with van der Waals surface area (Å²) in [5.41, 5.74) is 3.76. The van der Waals surface area contributed by atoms with E-state index in [1.54, 1.807) is 6.21 Å². The summed E-state index contributed by atoms with van der Waals surface area (Å²) in [6, 6.07) is 6.41. The first-order valence-corrected chi connectivity index (χ1v) is 8.16. The fourth-order valence-corrected chi connectivity index (χ4v) is 3.26. The lowest BCUT2D eigenvalue weighted by Crippen LogP contribution is -2.28.